The number of nitro benzene ring substituents is 1. The van der Waals surface area contributed by atoms with Crippen molar-refractivity contribution in [1.82, 2.24) is 4.90 Å². The molecule has 31 heavy (non-hydrogen) atoms. The molecule has 1 saturated carbocycles. The Hall–Kier alpha value is -3.13. The molecule has 1 atom stereocenters. The molecule has 0 aliphatic heterocycles. The Labute approximate surface area is 181 Å². The molecule has 8 heteroatoms. The quantitative estimate of drug-likeness (QED) is 0.304. The Kier molecular flexibility index (Phi) is 7.46. The lowest BCUT2D eigenvalue weighted by Crippen LogP contribution is -2.33. The first-order chi connectivity index (χ1) is 14.9. The molecule has 0 spiro atoms. The van der Waals surface area contributed by atoms with Crippen LogP contribution in [0.15, 0.2) is 42.5 Å². The summed E-state index contributed by atoms with van der Waals surface area (Å²) in [6.07, 6.45) is 2.28. The average molecular weight is 428 g/mol. The zero-order valence-corrected chi connectivity index (χ0v) is 18.1. The zero-order valence-electron chi connectivity index (χ0n) is 18.1. The van der Waals surface area contributed by atoms with Gasteiger partial charge in [0.25, 0.3) is 5.69 Å². The predicted molar refractivity (Wildman–Crippen MR) is 115 cm³/mol. The van der Waals surface area contributed by atoms with Gasteiger partial charge in [-0.05, 0) is 48.2 Å². The molecule has 1 aliphatic rings. The minimum atomic E-state index is -0.427. The second-order valence-electron chi connectivity index (χ2n) is 7.78. The summed E-state index contributed by atoms with van der Waals surface area (Å²) < 4.78 is 16.2. The molecule has 0 radical (unpaired) electrons. The highest BCUT2D eigenvalue weighted by molar-refractivity contribution is 5.72. The van der Waals surface area contributed by atoms with Crippen LogP contribution >= 0.6 is 0 Å². The molecule has 166 valence electrons. The number of esters is 1. The molecule has 0 bridgehead atoms. The maximum Gasteiger partial charge on any atom is 0.309 e. The second-order valence-corrected chi connectivity index (χ2v) is 7.78. The van der Waals surface area contributed by atoms with E-state index in [4.69, 9.17) is 14.2 Å². The van der Waals surface area contributed by atoms with Crippen molar-refractivity contribution in [1.29, 1.82) is 0 Å². The van der Waals surface area contributed by atoms with Gasteiger partial charge in [0.1, 0.15) is 6.61 Å². The Bertz CT molecular complexity index is 911. The predicted octanol–water partition coefficient (Wildman–Crippen LogP) is 3.96. The number of rotatable bonds is 11. The van der Waals surface area contributed by atoms with E-state index in [2.05, 4.69) is 4.90 Å². The van der Waals surface area contributed by atoms with Crippen molar-refractivity contribution >= 4 is 11.7 Å². The smallest absolute Gasteiger partial charge is 0.309 e. The molecule has 8 nitrogen and oxygen atoms in total. The lowest BCUT2D eigenvalue weighted by Gasteiger charge is -2.25. The fourth-order valence-corrected chi connectivity index (χ4v) is 3.45. The van der Waals surface area contributed by atoms with E-state index in [9.17, 15) is 14.9 Å². The molecular weight excluding hydrogens is 400 g/mol. The summed E-state index contributed by atoms with van der Waals surface area (Å²) in [7, 11) is 3.01. The van der Waals surface area contributed by atoms with Crippen LogP contribution in [0, 0.1) is 16.0 Å². The van der Waals surface area contributed by atoms with Gasteiger partial charge in [-0.3, -0.25) is 19.8 Å². The monoisotopic (exact) mass is 428 g/mol. The van der Waals surface area contributed by atoms with Crippen molar-refractivity contribution in [2.24, 2.45) is 5.92 Å². The summed E-state index contributed by atoms with van der Waals surface area (Å²) in [5.41, 5.74) is 1.95. The fourth-order valence-electron chi connectivity index (χ4n) is 3.45. The van der Waals surface area contributed by atoms with E-state index in [-0.39, 0.29) is 24.2 Å². The summed E-state index contributed by atoms with van der Waals surface area (Å²) >= 11 is 0. The molecule has 0 saturated heterocycles. The Balaban J connectivity index is 1.64. The van der Waals surface area contributed by atoms with Gasteiger partial charge in [-0.15, -0.1) is 0 Å². The summed E-state index contributed by atoms with van der Waals surface area (Å²) in [5, 5.41) is 10.8. The van der Waals surface area contributed by atoms with Gasteiger partial charge >= 0.3 is 5.97 Å². The van der Waals surface area contributed by atoms with Gasteiger partial charge in [-0.25, -0.2) is 0 Å². The van der Waals surface area contributed by atoms with Crippen molar-refractivity contribution in [3.63, 3.8) is 0 Å². The van der Waals surface area contributed by atoms with Crippen LogP contribution in [-0.2, 0) is 22.7 Å². The van der Waals surface area contributed by atoms with E-state index in [1.54, 1.807) is 19.2 Å². The first-order valence-corrected chi connectivity index (χ1v) is 10.3. The molecular formula is C23H28N2O6. The minimum absolute atomic E-state index is 0.0485. The van der Waals surface area contributed by atoms with Crippen LogP contribution in [0.5, 0.6) is 11.5 Å². The number of hydrogen-bond donors (Lipinski definition) is 0. The first-order valence-electron chi connectivity index (χ1n) is 10.3. The van der Waals surface area contributed by atoms with Gasteiger partial charge in [-0.1, -0.05) is 13.0 Å². The van der Waals surface area contributed by atoms with Crippen molar-refractivity contribution in [3.05, 3.63) is 63.7 Å². The molecule has 1 fully saturated rings. The SMILES string of the molecule is COC(=O)[C@@H](C)CN(Cc1ccc(OCc2ccc([N+](=O)[O-])cc2)c(OC)c1)C1CC1. The summed E-state index contributed by atoms with van der Waals surface area (Å²) in [6, 6.07) is 12.6. The van der Waals surface area contributed by atoms with E-state index < -0.39 is 4.92 Å². The second kappa shape index (κ2) is 10.3. The number of non-ortho nitro benzene ring substituents is 1. The molecule has 0 amide bonds. The lowest BCUT2D eigenvalue weighted by atomic mass is 10.1. The molecule has 0 aromatic heterocycles. The highest BCUT2D eigenvalue weighted by Crippen LogP contribution is 2.33. The van der Waals surface area contributed by atoms with E-state index in [1.807, 2.05) is 25.1 Å². The van der Waals surface area contributed by atoms with Crippen LogP contribution in [-0.4, -0.2) is 42.6 Å². The average Bonchev–Trinajstić information content (AvgIpc) is 3.62. The maximum absolute atomic E-state index is 11.8. The van der Waals surface area contributed by atoms with Crippen LogP contribution < -0.4 is 9.47 Å². The van der Waals surface area contributed by atoms with Gasteiger partial charge in [-0.2, -0.15) is 0 Å². The van der Waals surface area contributed by atoms with Crippen molar-refractivity contribution < 1.29 is 23.9 Å². The molecule has 2 aromatic rings. The number of ether oxygens (including phenoxy) is 3. The molecule has 0 heterocycles. The summed E-state index contributed by atoms with van der Waals surface area (Å²) in [4.78, 5) is 24.5. The zero-order chi connectivity index (χ0) is 22.4. The molecule has 1 aliphatic carbocycles. The van der Waals surface area contributed by atoms with E-state index in [0.29, 0.717) is 30.6 Å². The van der Waals surface area contributed by atoms with Gasteiger partial charge in [0.15, 0.2) is 11.5 Å². The standard InChI is InChI=1S/C23H28N2O6/c1-16(23(26)30-3)13-24(19-9-10-19)14-18-6-11-21(22(12-18)29-2)31-15-17-4-7-20(8-5-17)25(27)28/h4-8,11-12,16,19H,9-10,13-15H2,1-3H3/t16-/m0/s1. The highest BCUT2D eigenvalue weighted by Gasteiger charge is 2.31. The van der Waals surface area contributed by atoms with Gasteiger partial charge in [0.05, 0.1) is 25.1 Å². The van der Waals surface area contributed by atoms with Crippen LogP contribution in [0.4, 0.5) is 5.69 Å². The van der Waals surface area contributed by atoms with E-state index >= 15 is 0 Å². The number of nitrogens with zero attached hydrogens (tertiary/aromatic N) is 2. The van der Waals surface area contributed by atoms with Crippen LogP contribution in [0.2, 0.25) is 0 Å². The Morgan fingerprint density at radius 3 is 2.39 bits per heavy atom. The van der Waals surface area contributed by atoms with Crippen molar-refractivity contribution in [2.75, 3.05) is 20.8 Å². The number of carbonyl (C=O) groups excluding carboxylic acids is 1. The normalized spacial score (nSPS) is 14.2. The Morgan fingerprint density at radius 2 is 1.81 bits per heavy atom. The van der Waals surface area contributed by atoms with Crippen LogP contribution in [0.3, 0.4) is 0 Å². The topological polar surface area (TPSA) is 91.1 Å². The van der Waals surface area contributed by atoms with Crippen molar-refractivity contribution in [3.8, 4) is 11.5 Å². The molecule has 2 aromatic carbocycles. The van der Waals surface area contributed by atoms with Crippen LogP contribution in [0.1, 0.15) is 30.9 Å². The lowest BCUT2D eigenvalue weighted by molar-refractivity contribution is -0.384. The van der Waals surface area contributed by atoms with Crippen molar-refractivity contribution in [2.45, 2.75) is 39.0 Å². The first kappa shape index (κ1) is 22.6. The Morgan fingerprint density at radius 1 is 1.13 bits per heavy atom. The van der Waals surface area contributed by atoms with Gasteiger partial charge < -0.3 is 14.2 Å². The summed E-state index contributed by atoms with van der Waals surface area (Å²) in [6.45, 7) is 3.53. The molecule has 0 unspecified atom stereocenters. The minimum Gasteiger partial charge on any atom is -0.493 e. The van der Waals surface area contributed by atoms with E-state index in [1.165, 1.54) is 19.2 Å². The maximum atomic E-state index is 11.8. The third-order valence-electron chi connectivity index (χ3n) is 5.33. The molecule has 0 N–H and O–H groups in total. The number of nitro groups is 1. The number of methoxy groups -OCH3 is 2. The van der Waals surface area contributed by atoms with Gasteiger partial charge in [0, 0.05) is 31.3 Å². The van der Waals surface area contributed by atoms with Gasteiger partial charge in [0.2, 0.25) is 0 Å². The van der Waals surface area contributed by atoms with Crippen LogP contribution in [0.25, 0.3) is 0 Å². The fraction of sp³-hybridized carbons (Fsp3) is 0.435. The number of benzene rings is 2. The summed E-state index contributed by atoms with van der Waals surface area (Å²) in [5.74, 6) is 0.844. The number of hydrogen-bond acceptors (Lipinski definition) is 7. The molecule has 3 rings (SSSR count). The van der Waals surface area contributed by atoms with E-state index in [0.717, 1.165) is 24.0 Å². The highest BCUT2D eigenvalue weighted by atomic mass is 16.6. The largest absolute Gasteiger partial charge is 0.493 e. The third-order valence-corrected chi connectivity index (χ3v) is 5.33. The third kappa shape index (κ3) is 6.18. The number of carbonyl (C=O) groups is 1.